The van der Waals surface area contributed by atoms with Gasteiger partial charge in [-0.1, -0.05) is 122 Å². The Morgan fingerprint density at radius 2 is 0.879 bits per heavy atom. The number of benzene rings is 2. The molecule has 4 heterocycles. The number of thiocarbonyl (C=S) groups is 4. The first-order valence-corrected chi connectivity index (χ1v) is 23.7. The zero-order valence-electron chi connectivity index (χ0n) is 31.5. The first-order valence-electron chi connectivity index (χ1n) is 20.4. The normalized spacial score (nSPS) is 24.2. The minimum atomic E-state index is -0.436. The lowest BCUT2D eigenvalue weighted by molar-refractivity contribution is -0.0374. The van der Waals surface area contributed by atoms with Crippen molar-refractivity contribution in [2.75, 3.05) is 0 Å². The lowest BCUT2D eigenvalue weighted by Gasteiger charge is -2.45. The maximum absolute atomic E-state index is 7.23. The predicted molar refractivity (Wildman–Crippen MR) is 251 cm³/mol. The zero-order chi connectivity index (χ0) is 38.9. The monoisotopic (exact) mass is 864 g/mol. The van der Waals surface area contributed by atoms with Crippen LogP contribution in [0, 0.1) is 11.8 Å². The molecule has 4 aromatic rings. The molecule has 2 spiro atoms. The lowest BCUT2D eigenvalue weighted by atomic mass is 9.73. The summed E-state index contributed by atoms with van der Waals surface area (Å²) in [5.41, 5.74) is 9.57. The van der Waals surface area contributed by atoms with E-state index in [0.717, 1.165) is 148 Å². The van der Waals surface area contributed by atoms with Gasteiger partial charge in [-0.2, -0.15) is 0 Å². The summed E-state index contributed by atoms with van der Waals surface area (Å²) in [4.78, 5) is 16.4. The highest BCUT2D eigenvalue weighted by molar-refractivity contribution is 7.84. The van der Waals surface area contributed by atoms with Crippen LogP contribution in [0.4, 0.5) is 0 Å². The van der Waals surface area contributed by atoms with Gasteiger partial charge < -0.3 is 9.47 Å². The van der Waals surface area contributed by atoms with Crippen molar-refractivity contribution in [3.05, 3.63) is 149 Å². The molecule has 0 amide bonds. The summed E-state index contributed by atoms with van der Waals surface area (Å²) in [6.45, 7) is 0. The molecule has 2 aliphatic heterocycles. The van der Waals surface area contributed by atoms with E-state index in [-0.39, 0.29) is 11.8 Å². The number of hydrogen-bond donors (Lipinski definition) is 0. The Kier molecular flexibility index (Phi) is 8.25. The standard InChI is InChI=1S/C48H36N2O2S6/c53-39-27-11-3-4-12-28(27)40(54)33(39)23-37-49-45-43(57-37)31-19-26-22-36-32(20-25(26)21-35(31)51-47(45)15-7-1-8-16-47)44-46(48(52-36)17-9-2-10-18-48)50-38(58-44)24-34-41(55)29-13-5-6-14-30(29)42(34)56/h3-6,11-14,19-26H,1-2,7-10,15-18H2. The first kappa shape index (κ1) is 36.0. The molecule has 0 bridgehead atoms. The quantitative estimate of drug-likeness (QED) is 0.146. The highest BCUT2D eigenvalue weighted by atomic mass is 32.1. The molecule has 2 aromatic heterocycles. The topological polar surface area (TPSA) is 44.2 Å². The fourth-order valence-electron chi connectivity index (χ4n) is 10.4. The molecule has 10 heteroatoms. The minimum absolute atomic E-state index is 0.117. The molecule has 0 radical (unpaired) electrons. The van der Waals surface area contributed by atoms with Crippen LogP contribution < -0.4 is 0 Å². The van der Waals surface area contributed by atoms with Crippen LogP contribution in [-0.2, 0) is 20.7 Å². The maximum Gasteiger partial charge on any atom is 0.152 e. The Balaban J connectivity index is 0.943. The molecule has 58 heavy (non-hydrogen) atoms. The third-order valence-corrected chi connectivity index (χ3v) is 17.1. The van der Waals surface area contributed by atoms with Crippen LogP contribution in [0.2, 0.25) is 0 Å². The fourth-order valence-corrected chi connectivity index (χ4v) is 14.2. The van der Waals surface area contributed by atoms with Crippen LogP contribution >= 0.6 is 71.5 Å². The molecule has 2 aromatic carbocycles. The largest absolute Gasteiger partial charge is 0.481 e. The number of thiazole rings is 2. The lowest BCUT2D eigenvalue weighted by Crippen LogP contribution is -2.38. The van der Waals surface area contributed by atoms with E-state index >= 15 is 0 Å². The summed E-state index contributed by atoms with van der Waals surface area (Å²) in [5, 5.41) is 1.86. The van der Waals surface area contributed by atoms with E-state index in [0.29, 0.717) is 0 Å². The van der Waals surface area contributed by atoms with Crippen LogP contribution in [0.3, 0.4) is 0 Å². The van der Waals surface area contributed by atoms with E-state index in [2.05, 4.69) is 60.7 Å². The molecule has 2 unspecified atom stereocenters. The van der Waals surface area contributed by atoms with E-state index in [9.17, 15) is 0 Å². The van der Waals surface area contributed by atoms with Gasteiger partial charge in [-0.25, -0.2) is 9.97 Å². The molecule has 286 valence electrons. The van der Waals surface area contributed by atoms with Crippen molar-refractivity contribution in [2.24, 2.45) is 11.8 Å². The molecular weight excluding hydrogens is 829 g/mol. The second-order valence-corrected chi connectivity index (χ2v) is 20.4. The van der Waals surface area contributed by atoms with Gasteiger partial charge in [-0.05, 0) is 75.7 Å². The van der Waals surface area contributed by atoms with Gasteiger partial charge in [0, 0.05) is 56.4 Å². The molecule has 6 aliphatic carbocycles. The smallest absolute Gasteiger partial charge is 0.152 e. The maximum atomic E-state index is 7.23. The van der Waals surface area contributed by atoms with E-state index < -0.39 is 11.2 Å². The van der Waals surface area contributed by atoms with Crippen molar-refractivity contribution in [3.63, 3.8) is 0 Å². The van der Waals surface area contributed by atoms with Crippen LogP contribution in [0.5, 0.6) is 0 Å². The number of nitrogens with zero attached hydrogens (tertiary/aromatic N) is 2. The number of ether oxygens (including phenoxy) is 2. The number of hydrogen-bond acceptors (Lipinski definition) is 10. The third-order valence-electron chi connectivity index (χ3n) is 13.3. The third kappa shape index (κ3) is 5.31. The van der Waals surface area contributed by atoms with Gasteiger partial charge in [-0.15, -0.1) is 22.7 Å². The van der Waals surface area contributed by atoms with Crippen LogP contribution in [-0.4, -0.2) is 29.4 Å². The Morgan fingerprint density at radius 3 is 1.24 bits per heavy atom. The van der Waals surface area contributed by atoms with E-state index in [4.69, 9.17) is 68.3 Å². The first-order chi connectivity index (χ1) is 28.3. The number of fused-ring (bicyclic) bond motifs is 11. The number of aromatic nitrogens is 2. The fraction of sp³-hybridized carbons (Fsp3) is 0.292. The van der Waals surface area contributed by atoms with Crippen molar-refractivity contribution < 1.29 is 9.47 Å². The molecule has 0 N–H and O–H groups in total. The van der Waals surface area contributed by atoms with E-state index in [1.165, 1.54) is 22.6 Å². The average Bonchev–Trinajstić information content (AvgIpc) is 4.00. The van der Waals surface area contributed by atoms with Gasteiger partial charge in [0.05, 0.1) is 29.2 Å². The van der Waals surface area contributed by atoms with Crippen LogP contribution in [0.1, 0.15) is 118 Å². The summed E-state index contributed by atoms with van der Waals surface area (Å²) in [5.74, 6) is 2.19. The summed E-state index contributed by atoms with van der Waals surface area (Å²) in [6.07, 6.45) is 24.6. The number of allylic oxidation sites excluding steroid dienone is 8. The summed E-state index contributed by atoms with van der Waals surface area (Å²) in [7, 11) is 0. The Hall–Kier alpha value is -3.90. The van der Waals surface area contributed by atoms with E-state index in [1.807, 2.05) is 24.3 Å². The highest BCUT2D eigenvalue weighted by Crippen LogP contribution is 2.58. The van der Waals surface area contributed by atoms with Crippen molar-refractivity contribution in [3.8, 4) is 0 Å². The molecule has 8 aliphatic rings. The molecular formula is C48H36N2O2S6. The number of rotatable bonds is 2. The second kappa shape index (κ2) is 13.3. The van der Waals surface area contributed by atoms with Gasteiger partial charge in [0.25, 0.3) is 0 Å². The van der Waals surface area contributed by atoms with Crippen LogP contribution in [0.15, 0.2) is 95.5 Å². The predicted octanol–water partition coefficient (Wildman–Crippen LogP) is 12.5. The molecule has 12 rings (SSSR count). The average molecular weight is 865 g/mol. The van der Waals surface area contributed by atoms with Gasteiger partial charge in [0.15, 0.2) is 11.2 Å². The summed E-state index contributed by atoms with van der Waals surface area (Å²) < 4.78 is 14.5. The summed E-state index contributed by atoms with van der Waals surface area (Å²) >= 11 is 27.3. The van der Waals surface area contributed by atoms with Crippen LogP contribution in [0.25, 0.3) is 23.3 Å². The molecule has 2 fully saturated rings. The van der Waals surface area contributed by atoms with Gasteiger partial charge in [0.1, 0.15) is 32.9 Å². The van der Waals surface area contributed by atoms with Crippen molar-refractivity contribution in [1.29, 1.82) is 0 Å². The molecule has 2 saturated carbocycles. The SMILES string of the molecule is S=C1C(=Cc2nc3c(s2)C2=CC4C=C5OC6(CCCCC6)c6nc(C=C7C(=S)c8ccccc8C7=S)sc6C5=CC4C=C2OC32CCCCC2)C(=S)c2ccccc21. The van der Waals surface area contributed by atoms with Crippen molar-refractivity contribution >= 4 is 114 Å². The van der Waals surface area contributed by atoms with E-state index in [1.54, 1.807) is 22.7 Å². The molecule has 2 atom stereocenters. The second-order valence-electron chi connectivity index (χ2n) is 16.7. The zero-order valence-corrected chi connectivity index (χ0v) is 36.4. The molecule has 4 nitrogen and oxygen atoms in total. The van der Waals surface area contributed by atoms with Gasteiger partial charge in [0.2, 0.25) is 0 Å². The van der Waals surface area contributed by atoms with Crippen molar-refractivity contribution in [1.82, 2.24) is 9.97 Å². The molecule has 0 saturated heterocycles. The van der Waals surface area contributed by atoms with Gasteiger partial charge >= 0.3 is 0 Å². The van der Waals surface area contributed by atoms with Crippen molar-refractivity contribution in [2.45, 2.75) is 75.4 Å². The Labute approximate surface area is 367 Å². The summed E-state index contributed by atoms with van der Waals surface area (Å²) in [6, 6.07) is 16.4. The Bertz CT molecular complexity index is 2530. The minimum Gasteiger partial charge on any atom is -0.481 e. The highest BCUT2D eigenvalue weighted by Gasteiger charge is 2.50. The Morgan fingerprint density at radius 1 is 0.517 bits per heavy atom. The van der Waals surface area contributed by atoms with Gasteiger partial charge in [-0.3, -0.25) is 0 Å².